The maximum atomic E-state index is 12.8. The van der Waals surface area contributed by atoms with Gasteiger partial charge in [-0.3, -0.25) is 14.4 Å². The van der Waals surface area contributed by atoms with Crippen LogP contribution in [0.5, 0.6) is 0 Å². The molecular weight excluding hydrogens is 721 g/mol. The molecule has 0 aliphatic carbocycles. The van der Waals surface area contributed by atoms with Gasteiger partial charge in [0.15, 0.2) is 6.10 Å². The Labute approximate surface area is 360 Å². The van der Waals surface area contributed by atoms with Gasteiger partial charge in [0.2, 0.25) is 0 Å². The van der Waals surface area contributed by atoms with Crippen LogP contribution in [0, 0.1) is 0 Å². The molecule has 0 aliphatic heterocycles. The molecule has 1 unspecified atom stereocenters. The van der Waals surface area contributed by atoms with Gasteiger partial charge in [-0.05, 0) is 44.9 Å². The van der Waals surface area contributed by atoms with E-state index >= 15 is 0 Å². The molecule has 0 heterocycles. The fraction of sp³-hybridized carbons (Fsp3) is 0.904. The number of rotatable bonds is 47. The predicted molar refractivity (Wildman–Crippen MR) is 247 cm³/mol. The summed E-state index contributed by atoms with van der Waals surface area (Å²) in [7, 11) is 0. The smallest absolute Gasteiger partial charge is 0.306 e. The topological polar surface area (TPSA) is 78.9 Å². The molecule has 1 atom stereocenters. The first kappa shape index (κ1) is 56.1. The van der Waals surface area contributed by atoms with Crippen LogP contribution >= 0.6 is 0 Å². The first-order valence-electron chi connectivity index (χ1n) is 25.7. The molecule has 0 aromatic carbocycles. The van der Waals surface area contributed by atoms with E-state index in [4.69, 9.17) is 14.2 Å². The molecule has 0 radical (unpaired) electrons. The molecule has 58 heavy (non-hydrogen) atoms. The zero-order valence-electron chi connectivity index (χ0n) is 39.1. The third-order valence-corrected chi connectivity index (χ3v) is 11.5. The highest BCUT2D eigenvalue weighted by molar-refractivity contribution is 5.71. The van der Waals surface area contributed by atoms with E-state index in [1.54, 1.807) is 0 Å². The quantitative estimate of drug-likeness (QED) is 0.0263. The molecule has 342 valence electrons. The minimum Gasteiger partial charge on any atom is -0.462 e. The van der Waals surface area contributed by atoms with E-state index in [1.807, 2.05) is 0 Å². The average molecular weight is 819 g/mol. The average Bonchev–Trinajstić information content (AvgIpc) is 3.22. The molecule has 0 spiro atoms. The maximum absolute atomic E-state index is 12.8. The van der Waals surface area contributed by atoms with E-state index in [-0.39, 0.29) is 31.1 Å². The van der Waals surface area contributed by atoms with Crippen molar-refractivity contribution in [3.8, 4) is 0 Å². The standard InChI is InChI=1S/C52H98O6/c1-4-7-10-13-16-19-21-23-25-27-29-31-33-36-39-42-45-51(54)57-48-49(47-56-50(53)44-41-38-35-18-15-12-9-6-3)58-52(55)46-43-40-37-34-32-30-28-26-24-22-20-17-14-11-8-5-2/h25,27,49H,4-24,26,28-48H2,1-3H3/b27-25-. The Balaban J connectivity index is 4.26. The minimum absolute atomic E-state index is 0.0681. The number of allylic oxidation sites excluding steroid dienone is 2. The molecule has 0 bridgehead atoms. The van der Waals surface area contributed by atoms with E-state index in [0.717, 1.165) is 64.2 Å². The highest BCUT2D eigenvalue weighted by Crippen LogP contribution is 2.16. The highest BCUT2D eigenvalue weighted by atomic mass is 16.6. The Morgan fingerprint density at radius 1 is 0.328 bits per heavy atom. The van der Waals surface area contributed by atoms with Gasteiger partial charge in [0.05, 0.1) is 0 Å². The van der Waals surface area contributed by atoms with Crippen LogP contribution in [0.1, 0.15) is 284 Å². The number of unbranched alkanes of at least 4 members (excludes halogenated alkanes) is 34. The van der Waals surface area contributed by atoms with Crippen LogP contribution in [-0.4, -0.2) is 37.2 Å². The molecule has 0 aliphatic rings. The fourth-order valence-corrected chi connectivity index (χ4v) is 7.61. The van der Waals surface area contributed by atoms with Crippen molar-refractivity contribution >= 4 is 17.9 Å². The van der Waals surface area contributed by atoms with Crippen LogP contribution in [0.4, 0.5) is 0 Å². The van der Waals surface area contributed by atoms with Gasteiger partial charge in [0, 0.05) is 19.3 Å². The number of hydrogen-bond acceptors (Lipinski definition) is 6. The van der Waals surface area contributed by atoms with Crippen molar-refractivity contribution in [2.24, 2.45) is 0 Å². The van der Waals surface area contributed by atoms with Gasteiger partial charge in [0.25, 0.3) is 0 Å². The number of carbonyl (C=O) groups is 3. The number of carbonyl (C=O) groups excluding carboxylic acids is 3. The summed E-state index contributed by atoms with van der Waals surface area (Å²) in [6.45, 7) is 6.63. The molecule has 0 rings (SSSR count). The Hall–Kier alpha value is -1.85. The molecule has 0 saturated carbocycles. The van der Waals surface area contributed by atoms with Gasteiger partial charge < -0.3 is 14.2 Å². The molecule has 6 heteroatoms. The van der Waals surface area contributed by atoms with Crippen molar-refractivity contribution in [2.45, 2.75) is 290 Å². The lowest BCUT2D eigenvalue weighted by Gasteiger charge is -2.18. The Morgan fingerprint density at radius 3 is 0.862 bits per heavy atom. The largest absolute Gasteiger partial charge is 0.462 e. The number of hydrogen-bond donors (Lipinski definition) is 0. The normalized spacial score (nSPS) is 12.0. The summed E-state index contributed by atoms with van der Waals surface area (Å²) < 4.78 is 16.7. The van der Waals surface area contributed by atoms with Crippen molar-refractivity contribution < 1.29 is 28.6 Å². The molecule has 0 saturated heterocycles. The van der Waals surface area contributed by atoms with E-state index in [2.05, 4.69) is 32.9 Å². The second-order valence-corrected chi connectivity index (χ2v) is 17.4. The first-order valence-corrected chi connectivity index (χ1v) is 25.7. The summed E-state index contributed by atoms with van der Waals surface area (Å²) in [5, 5.41) is 0. The molecular formula is C52H98O6. The van der Waals surface area contributed by atoms with Crippen LogP contribution in [0.15, 0.2) is 12.2 Å². The third-order valence-electron chi connectivity index (χ3n) is 11.5. The van der Waals surface area contributed by atoms with E-state index < -0.39 is 6.10 Å². The third kappa shape index (κ3) is 45.2. The van der Waals surface area contributed by atoms with Crippen molar-refractivity contribution in [1.82, 2.24) is 0 Å². The second-order valence-electron chi connectivity index (χ2n) is 17.4. The number of ether oxygens (including phenoxy) is 3. The molecule has 0 fully saturated rings. The van der Waals surface area contributed by atoms with Gasteiger partial charge >= 0.3 is 17.9 Å². The molecule has 0 aromatic rings. The van der Waals surface area contributed by atoms with E-state index in [0.29, 0.717) is 19.3 Å². The summed E-state index contributed by atoms with van der Waals surface area (Å²) in [4.78, 5) is 37.8. The summed E-state index contributed by atoms with van der Waals surface area (Å²) in [5.41, 5.74) is 0. The Bertz CT molecular complexity index is 900. The summed E-state index contributed by atoms with van der Waals surface area (Å²) >= 11 is 0. The molecule has 0 N–H and O–H groups in total. The summed E-state index contributed by atoms with van der Waals surface area (Å²) in [5.74, 6) is -0.865. The lowest BCUT2D eigenvalue weighted by Crippen LogP contribution is -2.30. The monoisotopic (exact) mass is 819 g/mol. The van der Waals surface area contributed by atoms with Gasteiger partial charge in [-0.1, -0.05) is 232 Å². The van der Waals surface area contributed by atoms with E-state index in [1.165, 1.54) is 180 Å². The Morgan fingerprint density at radius 2 is 0.569 bits per heavy atom. The zero-order chi connectivity index (χ0) is 42.3. The Kier molecular flexibility index (Phi) is 46.3. The van der Waals surface area contributed by atoms with Gasteiger partial charge in [-0.2, -0.15) is 0 Å². The van der Waals surface area contributed by atoms with Crippen LogP contribution < -0.4 is 0 Å². The maximum Gasteiger partial charge on any atom is 0.306 e. The van der Waals surface area contributed by atoms with Crippen LogP contribution in [0.2, 0.25) is 0 Å². The van der Waals surface area contributed by atoms with Crippen molar-refractivity contribution in [1.29, 1.82) is 0 Å². The SMILES string of the molecule is CCCCCCCCC/C=C\CCCCCCCC(=O)OCC(COC(=O)CCCCCCCCCC)OC(=O)CCCCCCCCCCCCCCCCCC. The lowest BCUT2D eigenvalue weighted by molar-refractivity contribution is -0.167. The predicted octanol–water partition coefficient (Wildman–Crippen LogP) is 16.6. The van der Waals surface area contributed by atoms with Crippen molar-refractivity contribution in [3.05, 3.63) is 12.2 Å². The fourth-order valence-electron chi connectivity index (χ4n) is 7.61. The van der Waals surface area contributed by atoms with Crippen LogP contribution in [-0.2, 0) is 28.6 Å². The van der Waals surface area contributed by atoms with Crippen LogP contribution in [0.3, 0.4) is 0 Å². The molecule has 0 aromatic heterocycles. The lowest BCUT2D eigenvalue weighted by atomic mass is 10.0. The second kappa shape index (κ2) is 47.8. The van der Waals surface area contributed by atoms with E-state index in [9.17, 15) is 14.4 Å². The first-order chi connectivity index (χ1) is 28.5. The summed E-state index contributed by atoms with van der Waals surface area (Å²) in [6.07, 6.45) is 52.0. The summed E-state index contributed by atoms with van der Waals surface area (Å²) in [6, 6.07) is 0. The molecule has 6 nitrogen and oxygen atoms in total. The van der Waals surface area contributed by atoms with Crippen molar-refractivity contribution in [3.63, 3.8) is 0 Å². The van der Waals surface area contributed by atoms with Gasteiger partial charge in [-0.25, -0.2) is 0 Å². The minimum atomic E-state index is -0.765. The molecule has 0 amide bonds. The van der Waals surface area contributed by atoms with Gasteiger partial charge in [-0.15, -0.1) is 0 Å². The number of esters is 3. The zero-order valence-corrected chi connectivity index (χ0v) is 39.1. The van der Waals surface area contributed by atoms with Gasteiger partial charge in [0.1, 0.15) is 13.2 Å². The highest BCUT2D eigenvalue weighted by Gasteiger charge is 2.19. The van der Waals surface area contributed by atoms with Crippen molar-refractivity contribution in [2.75, 3.05) is 13.2 Å². The van der Waals surface area contributed by atoms with Crippen LogP contribution in [0.25, 0.3) is 0 Å².